The minimum absolute atomic E-state index is 0.0574. The standard InChI is InChI=1S/C12H13F3N2O2S.C4H6O2S/c1-8-3-5-9(6-4-8)11(12(13,14)15)7-10(16-17-11)20(2,18)19;1-3-7(5,6)4-2/h3-6,17H,7H2,1-2H3;3-4H,1-2H2. The van der Waals surface area contributed by atoms with E-state index in [1.165, 1.54) is 12.1 Å². The van der Waals surface area contributed by atoms with Crippen molar-refractivity contribution in [1.82, 2.24) is 5.43 Å². The van der Waals surface area contributed by atoms with E-state index in [9.17, 15) is 30.0 Å². The van der Waals surface area contributed by atoms with E-state index in [0.717, 1.165) is 22.6 Å². The van der Waals surface area contributed by atoms with Gasteiger partial charge in [0.1, 0.15) is 0 Å². The number of nitrogens with one attached hydrogen (secondary N) is 1. The Balaban J connectivity index is 0.000000445. The normalized spacial score (nSPS) is 20.0. The Morgan fingerprint density at radius 2 is 1.59 bits per heavy atom. The zero-order valence-corrected chi connectivity index (χ0v) is 16.2. The van der Waals surface area contributed by atoms with Crippen molar-refractivity contribution in [2.24, 2.45) is 5.10 Å². The molecule has 1 N–H and O–H groups in total. The molecule has 1 aromatic rings. The molecule has 0 bridgehead atoms. The van der Waals surface area contributed by atoms with Crippen LogP contribution in [0.3, 0.4) is 0 Å². The summed E-state index contributed by atoms with van der Waals surface area (Å²) in [6.07, 6.45) is -4.56. The second-order valence-electron chi connectivity index (χ2n) is 5.76. The zero-order valence-electron chi connectivity index (χ0n) is 14.6. The molecular weight excluding hydrogens is 405 g/mol. The number of hydrogen-bond donors (Lipinski definition) is 1. The first-order valence-corrected chi connectivity index (χ1v) is 10.9. The van der Waals surface area contributed by atoms with Crippen LogP contribution in [0.1, 0.15) is 17.5 Å². The highest BCUT2D eigenvalue weighted by Crippen LogP contribution is 2.44. The molecule has 0 aliphatic carbocycles. The molecule has 1 unspecified atom stereocenters. The monoisotopic (exact) mass is 424 g/mol. The van der Waals surface area contributed by atoms with Gasteiger partial charge in [0.25, 0.3) is 0 Å². The molecule has 1 aromatic carbocycles. The van der Waals surface area contributed by atoms with Crippen LogP contribution < -0.4 is 5.43 Å². The van der Waals surface area contributed by atoms with Gasteiger partial charge in [-0.15, -0.1) is 0 Å². The highest BCUT2D eigenvalue weighted by Gasteiger charge is 2.60. The Labute approximate surface area is 156 Å². The predicted molar refractivity (Wildman–Crippen MR) is 98.3 cm³/mol. The minimum Gasteiger partial charge on any atom is -0.289 e. The average molecular weight is 424 g/mol. The van der Waals surface area contributed by atoms with Gasteiger partial charge in [-0.1, -0.05) is 43.0 Å². The summed E-state index contributed by atoms with van der Waals surface area (Å²) in [5, 5.41) is 4.59. The third-order valence-electron chi connectivity index (χ3n) is 3.71. The Morgan fingerprint density at radius 1 is 1.11 bits per heavy atom. The minimum atomic E-state index is -4.67. The molecule has 11 heteroatoms. The number of alkyl halides is 3. The first kappa shape index (κ1) is 22.9. The van der Waals surface area contributed by atoms with Crippen LogP contribution in [0.25, 0.3) is 0 Å². The number of halogens is 3. The predicted octanol–water partition coefficient (Wildman–Crippen LogP) is 2.79. The molecule has 0 radical (unpaired) electrons. The molecule has 1 aliphatic rings. The second-order valence-corrected chi connectivity index (χ2v) is 9.62. The molecule has 0 saturated carbocycles. The van der Waals surface area contributed by atoms with Crippen LogP contribution in [-0.2, 0) is 25.2 Å². The first-order valence-electron chi connectivity index (χ1n) is 7.36. The summed E-state index contributed by atoms with van der Waals surface area (Å²) in [5.41, 5.74) is 0.255. The molecule has 0 fully saturated rings. The molecular formula is C16H19F3N2O4S2. The van der Waals surface area contributed by atoms with Gasteiger partial charge in [-0.2, -0.15) is 18.3 Å². The Morgan fingerprint density at radius 3 is 1.89 bits per heavy atom. The lowest BCUT2D eigenvalue weighted by atomic mass is 9.87. The highest BCUT2D eigenvalue weighted by molar-refractivity contribution is 8.05. The molecule has 1 heterocycles. The summed E-state index contributed by atoms with van der Waals surface area (Å²) in [7, 11) is -6.89. The summed E-state index contributed by atoms with van der Waals surface area (Å²) >= 11 is 0. The fourth-order valence-corrected chi connectivity index (χ4v) is 2.90. The fraction of sp³-hybridized carbons (Fsp3) is 0.312. The van der Waals surface area contributed by atoms with E-state index < -0.39 is 42.9 Å². The number of benzene rings is 1. The quantitative estimate of drug-likeness (QED) is 0.806. The largest absolute Gasteiger partial charge is 0.417 e. The smallest absolute Gasteiger partial charge is 0.289 e. The number of aryl methyl sites for hydroxylation is 1. The van der Waals surface area contributed by atoms with Crippen LogP contribution in [0, 0.1) is 6.92 Å². The fourth-order valence-electron chi connectivity index (χ4n) is 2.08. The lowest BCUT2D eigenvalue weighted by Crippen LogP contribution is -2.50. The van der Waals surface area contributed by atoms with E-state index >= 15 is 0 Å². The maximum absolute atomic E-state index is 13.4. The van der Waals surface area contributed by atoms with Crippen LogP contribution in [0.2, 0.25) is 0 Å². The van der Waals surface area contributed by atoms with Gasteiger partial charge in [-0.05, 0) is 12.5 Å². The molecule has 0 saturated heterocycles. The number of nitrogens with zero attached hydrogens (tertiary/aromatic N) is 1. The molecule has 0 amide bonds. The average Bonchev–Trinajstić information content (AvgIpc) is 3.03. The second kappa shape index (κ2) is 7.85. The van der Waals surface area contributed by atoms with Gasteiger partial charge in [-0.3, -0.25) is 5.43 Å². The van der Waals surface area contributed by atoms with Crippen molar-refractivity contribution in [3.63, 3.8) is 0 Å². The van der Waals surface area contributed by atoms with E-state index in [1.54, 1.807) is 19.1 Å². The van der Waals surface area contributed by atoms with Crippen molar-refractivity contribution < 1.29 is 30.0 Å². The Hall–Kier alpha value is -2.14. The molecule has 0 spiro atoms. The molecule has 2 rings (SSSR count). The number of hydrazone groups is 1. The Bertz CT molecular complexity index is 936. The number of hydrogen-bond acceptors (Lipinski definition) is 6. The van der Waals surface area contributed by atoms with E-state index in [2.05, 4.69) is 18.3 Å². The van der Waals surface area contributed by atoms with Crippen molar-refractivity contribution in [3.8, 4) is 0 Å². The van der Waals surface area contributed by atoms with Crippen LogP contribution in [-0.4, -0.2) is 34.3 Å². The van der Waals surface area contributed by atoms with Gasteiger partial charge in [0.15, 0.2) is 30.3 Å². The first-order chi connectivity index (χ1) is 12.2. The number of sulfone groups is 2. The summed E-state index contributed by atoms with van der Waals surface area (Å²) in [5.74, 6) is 0. The summed E-state index contributed by atoms with van der Waals surface area (Å²) in [6.45, 7) is 7.84. The van der Waals surface area contributed by atoms with Gasteiger partial charge >= 0.3 is 6.18 Å². The topological polar surface area (TPSA) is 92.7 Å². The van der Waals surface area contributed by atoms with Gasteiger partial charge < -0.3 is 0 Å². The zero-order chi connectivity index (χ0) is 21.1. The van der Waals surface area contributed by atoms with Gasteiger partial charge in [-0.25, -0.2) is 16.8 Å². The van der Waals surface area contributed by atoms with Crippen molar-refractivity contribution in [3.05, 3.63) is 59.4 Å². The summed E-state index contributed by atoms with van der Waals surface area (Å²) < 4.78 is 83.4. The molecule has 6 nitrogen and oxygen atoms in total. The number of rotatable bonds is 3. The molecule has 1 atom stereocenters. The van der Waals surface area contributed by atoms with Crippen molar-refractivity contribution in [2.75, 3.05) is 6.26 Å². The van der Waals surface area contributed by atoms with Crippen molar-refractivity contribution in [2.45, 2.75) is 25.1 Å². The van der Waals surface area contributed by atoms with Crippen LogP contribution >= 0.6 is 0 Å². The molecule has 1 aliphatic heterocycles. The molecule has 0 aromatic heterocycles. The van der Waals surface area contributed by atoms with Gasteiger partial charge in [0.05, 0.1) is 0 Å². The van der Waals surface area contributed by atoms with Crippen molar-refractivity contribution >= 4 is 24.7 Å². The lowest BCUT2D eigenvalue weighted by molar-refractivity contribution is -0.196. The molecule has 27 heavy (non-hydrogen) atoms. The van der Waals surface area contributed by atoms with E-state index in [1.807, 2.05) is 5.43 Å². The third-order valence-corrected chi connectivity index (χ3v) is 5.73. The van der Waals surface area contributed by atoms with E-state index in [4.69, 9.17) is 0 Å². The van der Waals surface area contributed by atoms with Crippen LogP contribution in [0.15, 0.2) is 53.3 Å². The van der Waals surface area contributed by atoms with Gasteiger partial charge in [0.2, 0.25) is 0 Å². The maximum Gasteiger partial charge on any atom is 0.417 e. The van der Waals surface area contributed by atoms with Crippen LogP contribution in [0.5, 0.6) is 0 Å². The summed E-state index contributed by atoms with van der Waals surface area (Å²) in [4.78, 5) is 0. The molecule has 150 valence electrons. The highest BCUT2D eigenvalue weighted by atomic mass is 32.2. The van der Waals surface area contributed by atoms with E-state index in [-0.39, 0.29) is 5.56 Å². The third kappa shape index (κ3) is 5.42. The SMILES string of the molecule is C=CS(=O)(=O)C=C.Cc1ccc(C2(C(F)(F)F)CC(S(C)(=O)=O)=NN2)cc1. The van der Waals surface area contributed by atoms with Crippen LogP contribution in [0.4, 0.5) is 13.2 Å². The maximum atomic E-state index is 13.4. The Kier molecular flexibility index (Phi) is 6.66. The van der Waals surface area contributed by atoms with Gasteiger partial charge in [0, 0.05) is 23.5 Å². The lowest BCUT2D eigenvalue weighted by Gasteiger charge is -2.31. The van der Waals surface area contributed by atoms with E-state index in [0.29, 0.717) is 0 Å². The summed E-state index contributed by atoms with van der Waals surface area (Å²) in [6, 6.07) is 5.75. The van der Waals surface area contributed by atoms with Crippen molar-refractivity contribution in [1.29, 1.82) is 0 Å².